The van der Waals surface area contributed by atoms with Gasteiger partial charge in [0, 0.05) is 36.5 Å². The number of carbonyl (C=O) groups is 1. The molecule has 0 atom stereocenters. The molecule has 0 aliphatic carbocycles. The Hall–Kier alpha value is -2.21. The van der Waals surface area contributed by atoms with Crippen LogP contribution in [-0.4, -0.2) is 38.3 Å². The van der Waals surface area contributed by atoms with Crippen molar-refractivity contribution in [3.8, 4) is 0 Å². The molecule has 1 saturated heterocycles. The number of nitrogens with zero attached hydrogens (tertiary/aromatic N) is 4. The van der Waals surface area contributed by atoms with Crippen molar-refractivity contribution in [1.82, 2.24) is 19.3 Å². The maximum absolute atomic E-state index is 13.3. The fourth-order valence-electron chi connectivity index (χ4n) is 3.92. The zero-order chi connectivity index (χ0) is 19.8. The van der Waals surface area contributed by atoms with Crippen LogP contribution in [0, 0.1) is 19.8 Å². The Balaban J connectivity index is 1.53. The van der Waals surface area contributed by atoms with Crippen LogP contribution in [0.1, 0.15) is 64.5 Å². The highest BCUT2D eigenvalue weighted by molar-refractivity contribution is 7.11. The molecule has 0 aromatic carbocycles. The van der Waals surface area contributed by atoms with Gasteiger partial charge in [0.05, 0.1) is 16.2 Å². The SMILES string of the molecule is Cc1nc(C2CCN(C(=O)c3nc(CC(C)C)n4ccccc34)CC2)sc1C. The third-order valence-corrected chi connectivity index (χ3v) is 6.83. The number of aryl methyl sites for hydroxylation is 2. The summed E-state index contributed by atoms with van der Waals surface area (Å²) >= 11 is 1.81. The highest BCUT2D eigenvalue weighted by Gasteiger charge is 2.29. The number of aromatic nitrogens is 3. The smallest absolute Gasteiger partial charge is 0.274 e. The Morgan fingerprint density at radius 2 is 1.96 bits per heavy atom. The first-order chi connectivity index (χ1) is 13.4. The van der Waals surface area contributed by atoms with E-state index >= 15 is 0 Å². The molecule has 3 aromatic rings. The predicted octanol–water partition coefficient (Wildman–Crippen LogP) is 4.63. The Morgan fingerprint density at radius 3 is 2.61 bits per heavy atom. The molecule has 1 aliphatic rings. The molecule has 1 amide bonds. The number of pyridine rings is 1. The van der Waals surface area contributed by atoms with E-state index in [9.17, 15) is 4.79 Å². The summed E-state index contributed by atoms with van der Waals surface area (Å²) in [6, 6.07) is 5.97. The molecule has 5 nitrogen and oxygen atoms in total. The quantitative estimate of drug-likeness (QED) is 0.646. The number of piperidine rings is 1. The maximum atomic E-state index is 13.3. The van der Waals surface area contributed by atoms with Crippen LogP contribution in [0.25, 0.3) is 5.52 Å². The van der Waals surface area contributed by atoms with Crippen molar-refractivity contribution in [1.29, 1.82) is 0 Å². The first-order valence-corrected chi connectivity index (χ1v) is 10.9. The van der Waals surface area contributed by atoms with Crippen LogP contribution in [0.3, 0.4) is 0 Å². The zero-order valence-corrected chi connectivity index (χ0v) is 17.9. The zero-order valence-electron chi connectivity index (χ0n) is 17.1. The van der Waals surface area contributed by atoms with Gasteiger partial charge in [0.15, 0.2) is 5.69 Å². The van der Waals surface area contributed by atoms with Crippen molar-refractivity contribution in [2.45, 2.75) is 52.9 Å². The molecule has 4 rings (SSSR count). The van der Waals surface area contributed by atoms with Crippen molar-refractivity contribution in [3.63, 3.8) is 0 Å². The monoisotopic (exact) mass is 396 g/mol. The number of imidazole rings is 1. The molecule has 0 spiro atoms. The van der Waals surface area contributed by atoms with Crippen LogP contribution >= 0.6 is 11.3 Å². The molecule has 0 N–H and O–H groups in total. The first kappa shape index (κ1) is 19.1. The van der Waals surface area contributed by atoms with Gasteiger partial charge in [-0.15, -0.1) is 11.3 Å². The molecular formula is C22H28N4OS. The molecule has 4 heterocycles. The number of hydrogen-bond acceptors (Lipinski definition) is 4. The number of thiazole rings is 1. The minimum absolute atomic E-state index is 0.0589. The summed E-state index contributed by atoms with van der Waals surface area (Å²) in [5.74, 6) is 1.99. The van der Waals surface area contributed by atoms with Crippen LogP contribution in [0.15, 0.2) is 24.4 Å². The van der Waals surface area contributed by atoms with Crippen molar-refractivity contribution in [2.75, 3.05) is 13.1 Å². The second kappa shape index (κ2) is 7.66. The van der Waals surface area contributed by atoms with Gasteiger partial charge in [0.25, 0.3) is 5.91 Å². The fraction of sp³-hybridized carbons (Fsp3) is 0.500. The fourth-order valence-corrected chi connectivity index (χ4v) is 5.01. The van der Waals surface area contributed by atoms with Crippen LogP contribution < -0.4 is 0 Å². The van der Waals surface area contributed by atoms with Crippen molar-refractivity contribution < 1.29 is 4.79 Å². The average Bonchev–Trinajstić information content (AvgIpc) is 3.21. The third-order valence-electron chi connectivity index (χ3n) is 5.59. The molecular weight excluding hydrogens is 368 g/mol. The average molecular weight is 397 g/mol. The Kier molecular flexibility index (Phi) is 5.23. The van der Waals surface area contributed by atoms with E-state index in [1.807, 2.05) is 40.6 Å². The van der Waals surface area contributed by atoms with Gasteiger partial charge in [-0.3, -0.25) is 4.79 Å². The van der Waals surface area contributed by atoms with Crippen molar-refractivity contribution in [2.24, 2.45) is 5.92 Å². The molecule has 3 aromatic heterocycles. The van der Waals surface area contributed by atoms with Gasteiger partial charge in [-0.05, 0) is 44.7 Å². The summed E-state index contributed by atoms with van der Waals surface area (Å²) in [4.78, 5) is 26.0. The lowest BCUT2D eigenvalue weighted by Gasteiger charge is -2.30. The topological polar surface area (TPSA) is 50.5 Å². The van der Waals surface area contributed by atoms with Gasteiger partial charge in [-0.1, -0.05) is 19.9 Å². The van der Waals surface area contributed by atoms with Crippen LogP contribution in [0.5, 0.6) is 0 Å². The minimum Gasteiger partial charge on any atom is -0.337 e. The number of amides is 1. The van der Waals surface area contributed by atoms with E-state index in [2.05, 4.69) is 32.1 Å². The van der Waals surface area contributed by atoms with Crippen LogP contribution in [-0.2, 0) is 6.42 Å². The van der Waals surface area contributed by atoms with Gasteiger partial charge < -0.3 is 9.30 Å². The second-order valence-electron chi connectivity index (χ2n) is 8.19. The Labute approximate surface area is 170 Å². The second-order valence-corrected chi connectivity index (χ2v) is 9.43. The molecule has 148 valence electrons. The standard InChI is InChI=1S/C22H28N4OS/c1-14(2)13-19-24-20(18-7-5-6-10-26(18)19)22(27)25-11-8-17(9-12-25)21-23-15(3)16(4)28-21/h5-7,10,14,17H,8-9,11-13H2,1-4H3. The van der Waals surface area contributed by atoms with Gasteiger partial charge >= 0.3 is 0 Å². The molecule has 0 bridgehead atoms. The summed E-state index contributed by atoms with van der Waals surface area (Å²) in [5.41, 5.74) is 2.65. The molecule has 0 unspecified atom stereocenters. The number of rotatable bonds is 4. The highest BCUT2D eigenvalue weighted by Crippen LogP contribution is 2.32. The Morgan fingerprint density at radius 1 is 1.21 bits per heavy atom. The van der Waals surface area contributed by atoms with E-state index in [1.54, 1.807) is 0 Å². The summed E-state index contributed by atoms with van der Waals surface area (Å²) in [5, 5.41) is 1.23. The van der Waals surface area contributed by atoms with Gasteiger partial charge in [0.1, 0.15) is 5.82 Å². The Bertz CT molecular complexity index is 976. The predicted molar refractivity (Wildman–Crippen MR) is 113 cm³/mol. The van der Waals surface area contributed by atoms with Crippen LogP contribution in [0.4, 0.5) is 0 Å². The first-order valence-electron chi connectivity index (χ1n) is 10.1. The summed E-state index contributed by atoms with van der Waals surface area (Å²) in [7, 11) is 0. The summed E-state index contributed by atoms with van der Waals surface area (Å²) in [6.45, 7) is 10.1. The number of likely N-dealkylation sites (tertiary alicyclic amines) is 1. The maximum Gasteiger partial charge on any atom is 0.274 e. The molecule has 1 fully saturated rings. The molecule has 1 aliphatic heterocycles. The number of hydrogen-bond donors (Lipinski definition) is 0. The van der Waals surface area contributed by atoms with E-state index in [0.717, 1.165) is 49.4 Å². The number of fused-ring (bicyclic) bond motifs is 1. The number of carbonyl (C=O) groups excluding carboxylic acids is 1. The normalized spacial score (nSPS) is 15.7. The van der Waals surface area contributed by atoms with Gasteiger partial charge in [0.2, 0.25) is 0 Å². The molecule has 0 saturated carbocycles. The third kappa shape index (κ3) is 3.58. The van der Waals surface area contributed by atoms with E-state index in [-0.39, 0.29) is 5.91 Å². The van der Waals surface area contributed by atoms with E-state index < -0.39 is 0 Å². The van der Waals surface area contributed by atoms with Crippen molar-refractivity contribution in [3.05, 3.63) is 51.5 Å². The minimum atomic E-state index is 0.0589. The highest BCUT2D eigenvalue weighted by atomic mass is 32.1. The lowest BCUT2D eigenvalue weighted by atomic mass is 9.97. The summed E-state index contributed by atoms with van der Waals surface area (Å²) < 4.78 is 2.07. The van der Waals surface area contributed by atoms with E-state index in [1.165, 1.54) is 9.88 Å². The molecule has 0 radical (unpaired) electrons. The molecule has 6 heteroatoms. The lowest BCUT2D eigenvalue weighted by Crippen LogP contribution is -2.38. The van der Waals surface area contributed by atoms with E-state index in [0.29, 0.717) is 17.5 Å². The summed E-state index contributed by atoms with van der Waals surface area (Å²) in [6.07, 6.45) is 4.82. The largest absolute Gasteiger partial charge is 0.337 e. The van der Waals surface area contributed by atoms with Crippen LogP contribution in [0.2, 0.25) is 0 Å². The molecule has 28 heavy (non-hydrogen) atoms. The van der Waals surface area contributed by atoms with Gasteiger partial charge in [-0.2, -0.15) is 0 Å². The van der Waals surface area contributed by atoms with E-state index in [4.69, 9.17) is 9.97 Å². The van der Waals surface area contributed by atoms with Gasteiger partial charge in [-0.25, -0.2) is 9.97 Å². The lowest BCUT2D eigenvalue weighted by molar-refractivity contribution is 0.0709. The van der Waals surface area contributed by atoms with Crippen molar-refractivity contribution >= 4 is 22.8 Å².